The summed E-state index contributed by atoms with van der Waals surface area (Å²) in [6.07, 6.45) is 0. The smallest absolute Gasteiger partial charge is 0.323 e. The second kappa shape index (κ2) is 6.57. The summed E-state index contributed by atoms with van der Waals surface area (Å²) in [5.41, 5.74) is 1.22. The standard InChI is InChI=1S/C15H16N2O4S/c1-10-11(2)22-15(21)16(10)8-13(18)17(9-14(19)20)12-6-4-3-5-7-12/h3-7H,8-9H2,1-2H3,(H,19,20). The summed E-state index contributed by atoms with van der Waals surface area (Å²) in [6.45, 7) is 2.97. The van der Waals surface area contributed by atoms with Crippen LogP contribution in [0, 0.1) is 13.8 Å². The molecule has 116 valence electrons. The number of aromatic nitrogens is 1. The third kappa shape index (κ3) is 3.43. The molecule has 1 aromatic heterocycles. The van der Waals surface area contributed by atoms with Crippen molar-refractivity contribution in [3.63, 3.8) is 0 Å². The maximum absolute atomic E-state index is 12.5. The van der Waals surface area contributed by atoms with Crippen molar-refractivity contribution in [1.29, 1.82) is 0 Å². The number of hydrogen-bond donors (Lipinski definition) is 1. The zero-order chi connectivity index (χ0) is 16.3. The number of aryl methyl sites for hydroxylation is 1. The van der Waals surface area contributed by atoms with Crippen LogP contribution in [-0.4, -0.2) is 28.1 Å². The number of thiazole rings is 1. The summed E-state index contributed by atoms with van der Waals surface area (Å²) in [6, 6.07) is 8.56. The largest absolute Gasteiger partial charge is 0.480 e. The molecule has 22 heavy (non-hydrogen) atoms. The van der Waals surface area contributed by atoms with Crippen LogP contribution in [0.2, 0.25) is 0 Å². The lowest BCUT2D eigenvalue weighted by Gasteiger charge is -2.21. The Morgan fingerprint density at radius 3 is 2.36 bits per heavy atom. The molecule has 7 heteroatoms. The minimum Gasteiger partial charge on any atom is -0.480 e. The summed E-state index contributed by atoms with van der Waals surface area (Å²) < 4.78 is 1.38. The molecule has 0 atom stereocenters. The Labute approximate surface area is 131 Å². The molecule has 0 spiro atoms. The number of carboxylic acids is 1. The van der Waals surface area contributed by atoms with Gasteiger partial charge in [0.15, 0.2) is 0 Å². The topological polar surface area (TPSA) is 79.6 Å². The fourth-order valence-corrected chi connectivity index (χ4v) is 2.89. The first-order chi connectivity index (χ1) is 10.4. The lowest BCUT2D eigenvalue weighted by atomic mass is 10.2. The quantitative estimate of drug-likeness (QED) is 0.908. The van der Waals surface area contributed by atoms with Gasteiger partial charge in [0.2, 0.25) is 5.91 Å². The fourth-order valence-electron chi connectivity index (χ4n) is 2.06. The minimum atomic E-state index is -1.11. The first kappa shape index (κ1) is 16.0. The predicted molar refractivity (Wildman–Crippen MR) is 84.5 cm³/mol. The van der Waals surface area contributed by atoms with Crippen LogP contribution in [0.25, 0.3) is 0 Å². The van der Waals surface area contributed by atoms with Gasteiger partial charge in [0.25, 0.3) is 0 Å². The minimum absolute atomic E-state index is 0.169. The van der Waals surface area contributed by atoms with Crippen LogP contribution in [0.15, 0.2) is 35.1 Å². The number of carboxylic acid groups (broad SMARTS) is 1. The van der Waals surface area contributed by atoms with Gasteiger partial charge in [-0.15, -0.1) is 0 Å². The molecule has 0 bridgehead atoms. The number of aliphatic carboxylic acids is 1. The van der Waals surface area contributed by atoms with E-state index in [4.69, 9.17) is 5.11 Å². The third-order valence-corrected chi connectivity index (χ3v) is 4.33. The second-order valence-electron chi connectivity index (χ2n) is 4.80. The highest BCUT2D eigenvalue weighted by Gasteiger charge is 2.21. The van der Waals surface area contributed by atoms with E-state index in [0.717, 1.165) is 21.9 Å². The monoisotopic (exact) mass is 320 g/mol. The van der Waals surface area contributed by atoms with Gasteiger partial charge in [-0.3, -0.25) is 23.9 Å². The Balaban J connectivity index is 2.30. The number of carbonyl (C=O) groups is 2. The SMILES string of the molecule is Cc1sc(=O)n(CC(=O)N(CC(=O)O)c2ccccc2)c1C. The molecular weight excluding hydrogens is 304 g/mol. The number of nitrogens with zero attached hydrogens (tertiary/aromatic N) is 2. The number of anilines is 1. The molecule has 0 aliphatic rings. The molecule has 0 radical (unpaired) electrons. The Morgan fingerprint density at radius 2 is 1.86 bits per heavy atom. The average Bonchev–Trinajstić information content (AvgIpc) is 2.72. The first-order valence-electron chi connectivity index (χ1n) is 6.64. The van der Waals surface area contributed by atoms with Crippen LogP contribution in [0.4, 0.5) is 5.69 Å². The van der Waals surface area contributed by atoms with Crippen molar-refractivity contribution in [1.82, 2.24) is 4.57 Å². The van der Waals surface area contributed by atoms with Gasteiger partial charge in [-0.05, 0) is 26.0 Å². The predicted octanol–water partition coefficient (Wildman–Crippen LogP) is 1.64. The number of hydrogen-bond acceptors (Lipinski definition) is 4. The molecule has 1 aromatic carbocycles. The van der Waals surface area contributed by atoms with Crippen molar-refractivity contribution < 1.29 is 14.7 Å². The van der Waals surface area contributed by atoms with E-state index in [0.29, 0.717) is 5.69 Å². The number of amides is 1. The highest BCUT2D eigenvalue weighted by atomic mass is 32.1. The van der Waals surface area contributed by atoms with Crippen molar-refractivity contribution in [2.75, 3.05) is 11.4 Å². The first-order valence-corrected chi connectivity index (χ1v) is 7.46. The van der Waals surface area contributed by atoms with Gasteiger partial charge in [-0.25, -0.2) is 0 Å². The molecule has 2 aromatic rings. The van der Waals surface area contributed by atoms with E-state index in [-0.39, 0.29) is 11.4 Å². The summed E-state index contributed by atoms with van der Waals surface area (Å²) in [5, 5.41) is 9.01. The van der Waals surface area contributed by atoms with E-state index in [1.807, 2.05) is 6.92 Å². The second-order valence-corrected chi connectivity index (χ2v) is 5.97. The molecule has 0 saturated carbocycles. The lowest BCUT2D eigenvalue weighted by Crippen LogP contribution is -2.39. The van der Waals surface area contributed by atoms with E-state index in [1.54, 1.807) is 37.3 Å². The number of benzene rings is 1. The summed E-state index contributed by atoms with van der Waals surface area (Å²) in [7, 11) is 0. The zero-order valence-electron chi connectivity index (χ0n) is 12.3. The Kier molecular flexibility index (Phi) is 4.77. The van der Waals surface area contributed by atoms with E-state index < -0.39 is 18.4 Å². The fraction of sp³-hybridized carbons (Fsp3) is 0.267. The summed E-state index contributed by atoms with van der Waals surface area (Å²) >= 11 is 1.08. The third-order valence-electron chi connectivity index (χ3n) is 3.33. The molecule has 1 amide bonds. The molecule has 0 saturated heterocycles. The van der Waals surface area contributed by atoms with Gasteiger partial charge in [0, 0.05) is 16.3 Å². The highest BCUT2D eigenvalue weighted by Crippen LogP contribution is 2.15. The number of carbonyl (C=O) groups excluding carboxylic acids is 1. The van der Waals surface area contributed by atoms with Crippen molar-refractivity contribution in [2.24, 2.45) is 0 Å². The Hall–Kier alpha value is -2.41. The van der Waals surface area contributed by atoms with E-state index in [9.17, 15) is 14.4 Å². The van der Waals surface area contributed by atoms with Crippen LogP contribution >= 0.6 is 11.3 Å². The maximum Gasteiger partial charge on any atom is 0.323 e. The van der Waals surface area contributed by atoms with Crippen LogP contribution in [-0.2, 0) is 16.1 Å². The van der Waals surface area contributed by atoms with Gasteiger partial charge in [-0.2, -0.15) is 0 Å². The van der Waals surface area contributed by atoms with Gasteiger partial charge >= 0.3 is 10.8 Å². The molecule has 1 N–H and O–H groups in total. The van der Waals surface area contributed by atoms with Crippen molar-refractivity contribution in [2.45, 2.75) is 20.4 Å². The van der Waals surface area contributed by atoms with Gasteiger partial charge in [0.1, 0.15) is 13.1 Å². The van der Waals surface area contributed by atoms with Crippen molar-refractivity contribution in [3.05, 3.63) is 50.6 Å². The zero-order valence-corrected chi connectivity index (χ0v) is 13.1. The molecule has 0 aliphatic heterocycles. The van der Waals surface area contributed by atoms with E-state index in [1.165, 1.54) is 9.47 Å². The molecule has 6 nitrogen and oxygen atoms in total. The van der Waals surface area contributed by atoms with Crippen molar-refractivity contribution in [3.8, 4) is 0 Å². The van der Waals surface area contributed by atoms with Crippen molar-refractivity contribution >= 4 is 28.9 Å². The molecule has 1 heterocycles. The van der Waals surface area contributed by atoms with Gasteiger partial charge in [0.05, 0.1) is 0 Å². The normalized spacial score (nSPS) is 10.5. The lowest BCUT2D eigenvalue weighted by molar-refractivity contribution is -0.136. The average molecular weight is 320 g/mol. The molecule has 0 fully saturated rings. The molecule has 2 rings (SSSR count). The summed E-state index contributed by atoms with van der Waals surface area (Å²) in [4.78, 5) is 37.2. The van der Waals surface area contributed by atoms with E-state index in [2.05, 4.69) is 0 Å². The maximum atomic E-state index is 12.5. The number of para-hydroxylation sites is 1. The van der Waals surface area contributed by atoms with Crippen LogP contribution in [0.1, 0.15) is 10.6 Å². The number of rotatable bonds is 5. The molecule has 0 unspecified atom stereocenters. The highest BCUT2D eigenvalue weighted by molar-refractivity contribution is 7.09. The van der Waals surface area contributed by atoms with Crippen LogP contribution in [0.3, 0.4) is 0 Å². The summed E-state index contributed by atoms with van der Waals surface area (Å²) in [5.74, 6) is -1.54. The van der Waals surface area contributed by atoms with Gasteiger partial charge in [-0.1, -0.05) is 29.5 Å². The van der Waals surface area contributed by atoms with Crippen LogP contribution < -0.4 is 9.77 Å². The molecular formula is C15H16N2O4S. The Morgan fingerprint density at radius 1 is 1.23 bits per heavy atom. The molecule has 0 aliphatic carbocycles. The Bertz CT molecular complexity index is 749. The van der Waals surface area contributed by atoms with Crippen LogP contribution in [0.5, 0.6) is 0 Å². The van der Waals surface area contributed by atoms with Gasteiger partial charge < -0.3 is 5.11 Å². The van der Waals surface area contributed by atoms with E-state index >= 15 is 0 Å².